The van der Waals surface area contributed by atoms with Gasteiger partial charge in [-0.2, -0.15) is 0 Å². The van der Waals surface area contributed by atoms with Crippen LogP contribution in [-0.4, -0.2) is 31.1 Å². The SMILES string of the molecule is CC(C)(C)N1CSc2nnc(-c3cccc(F)c3)n2C1. The molecule has 4 nitrogen and oxygen atoms in total. The summed E-state index contributed by atoms with van der Waals surface area (Å²) in [7, 11) is 0. The molecule has 1 aliphatic rings. The van der Waals surface area contributed by atoms with Gasteiger partial charge in [0.2, 0.25) is 0 Å². The number of hydrogen-bond acceptors (Lipinski definition) is 4. The molecule has 0 spiro atoms. The largest absolute Gasteiger partial charge is 0.288 e. The molecule has 1 aliphatic heterocycles. The van der Waals surface area contributed by atoms with E-state index in [1.165, 1.54) is 12.1 Å². The minimum atomic E-state index is -0.254. The molecule has 0 unspecified atom stereocenters. The van der Waals surface area contributed by atoms with Crippen molar-refractivity contribution >= 4 is 11.8 Å². The lowest BCUT2D eigenvalue weighted by atomic mass is 10.1. The van der Waals surface area contributed by atoms with Gasteiger partial charge < -0.3 is 0 Å². The van der Waals surface area contributed by atoms with Crippen LogP contribution in [-0.2, 0) is 6.67 Å². The minimum Gasteiger partial charge on any atom is -0.288 e. The molecular formula is C14H17FN4S. The van der Waals surface area contributed by atoms with Crippen molar-refractivity contribution < 1.29 is 4.39 Å². The fourth-order valence-corrected chi connectivity index (χ4v) is 3.26. The standard InChI is InChI=1S/C14H17FN4S/c1-14(2,3)18-8-19-12(16-17-13(19)20-9-18)10-5-4-6-11(15)7-10/h4-7H,8-9H2,1-3H3. The van der Waals surface area contributed by atoms with E-state index >= 15 is 0 Å². The molecule has 0 N–H and O–H groups in total. The normalized spacial score (nSPS) is 16.2. The second-order valence-electron chi connectivity index (χ2n) is 5.87. The Labute approximate surface area is 122 Å². The van der Waals surface area contributed by atoms with E-state index in [9.17, 15) is 4.39 Å². The number of fused-ring (bicyclic) bond motifs is 1. The van der Waals surface area contributed by atoms with E-state index < -0.39 is 0 Å². The summed E-state index contributed by atoms with van der Waals surface area (Å²) in [6.07, 6.45) is 0. The smallest absolute Gasteiger partial charge is 0.193 e. The fourth-order valence-electron chi connectivity index (χ4n) is 2.12. The van der Waals surface area contributed by atoms with Gasteiger partial charge in [-0.15, -0.1) is 10.2 Å². The molecule has 1 aromatic carbocycles. The van der Waals surface area contributed by atoms with Crippen LogP contribution in [0.4, 0.5) is 4.39 Å². The van der Waals surface area contributed by atoms with Gasteiger partial charge in [0.15, 0.2) is 11.0 Å². The van der Waals surface area contributed by atoms with Gasteiger partial charge in [-0.1, -0.05) is 23.9 Å². The molecule has 2 heterocycles. The molecule has 20 heavy (non-hydrogen) atoms. The van der Waals surface area contributed by atoms with Crippen molar-refractivity contribution in [1.82, 2.24) is 19.7 Å². The van der Waals surface area contributed by atoms with Gasteiger partial charge in [0, 0.05) is 11.1 Å². The Hall–Kier alpha value is -1.40. The maximum Gasteiger partial charge on any atom is 0.193 e. The fraction of sp³-hybridized carbons (Fsp3) is 0.429. The summed E-state index contributed by atoms with van der Waals surface area (Å²) in [4.78, 5) is 2.34. The molecule has 0 radical (unpaired) electrons. The van der Waals surface area contributed by atoms with E-state index in [-0.39, 0.29) is 11.4 Å². The lowest BCUT2D eigenvalue weighted by Crippen LogP contribution is -2.44. The second-order valence-corrected chi connectivity index (χ2v) is 6.78. The maximum atomic E-state index is 13.4. The Kier molecular flexibility index (Phi) is 3.30. The molecule has 0 bridgehead atoms. The molecule has 0 aliphatic carbocycles. The van der Waals surface area contributed by atoms with Crippen LogP contribution >= 0.6 is 11.8 Å². The zero-order valence-electron chi connectivity index (χ0n) is 11.8. The Morgan fingerprint density at radius 3 is 2.75 bits per heavy atom. The summed E-state index contributed by atoms with van der Waals surface area (Å²) in [5.41, 5.74) is 0.842. The molecule has 6 heteroatoms. The number of aromatic nitrogens is 3. The molecule has 3 rings (SSSR count). The third kappa shape index (κ3) is 2.45. The lowest BCUT2D eigenvalue weighted by Gasteiger charge is -2.38. The van der Waals surface area contributed by atoms with Crippen molar-refractivity contribution in [3.8, 4) is 11.4 Å². The molecule has 0 saturated heterocycles. The summed E-state index contributed by atoms with van der Waals surface area (Å²) in [5, 5.41) is 9.32. The highest BCUT2D eigenvalue weighted by Crippen LogP contribution is 2.32. The van der Waals surface area contributed by atoms with E-state index in [1.807, 2.05) is 10.6 Å². The minimum absolute atomic E-state index is 0.0775. The van der Waals surface area contributed by atoms with Crippen LogP contribution in [0.25, 0.3) is 11.4 Å². The van der Waals surface area contributed by atoms with Crippen LogP contribution in [0.5, 0.6) is 0 Å². The predicted octanol–water partition coefficient (Wildman–Crippen LogP) is 3.21. The van der Waals surface area contributed by atoms with Crippen molar-refractivity contribution in [1.29, 1.82) is 0 Å². The second kappa shape index (κ2) is 4.86. The van der Waals surface area contributed by atoms with Crippen molar-refractivity contribution in [3.05, 3.63) is 30.1 Å². The number of nitrogens with zero attached hydrogens (tertiary/aromatic N) is 4. The van der Waals surface area contributed by atoms with Crippen LogP contribution in [0.15, 0.2) is 29.4 Å². The molecule has 0 saturated carbocycles. The first-order chi connectivity index (χ1) is 9.45. The Bertz CT molecular complexity index is 632. The Morgan fingerprint density at radius 1 is 1.25 bits per heavy atom. The van der Waals surface area contributed by atoms with Gasteiger partial charge in [-0.3, -0.25) is 9.47 Å². The van der Waals surface area contributed by atoms with Crippen LogP contribution < -0.4 is 0 Å². The average molecular weight is 292 g/mol. The van der Waals surface area contributed by atoms with Gasteiger partial charge in [0.1, 0.15) is 5.82 Å². The quantitative estimate of drug-likeness (QED) is 0.808. The topological polar surface area (TPSA) is 34.0 Å². The molecule has 0 atom stereocenters. The monoisotopic (exact) mass is 292 g/mol. The zero-order valence-corrected chi connectivity index (χ0v) is 12.6. The highest BCUT2D eigenvalue weighted by Gasteiger charge is 2.29. The molecule has 0 fully saturated rings. The van der Waals surface area contributed by atoms with Crippen LogP contribution in [0.3, 0.4) is 0 Å². The molecule has 2 aromatic rings. The van der Waals surface area contributed by atoms with Crippen LogP contribution in [0.2, 0.25) is 0 Å². The Balaban J connectivity index is 1.99. The zero-order chi connectivity index (χ0) is 14.3. The van der Waals surface area contributed by atoms with Crippen LogP contribution in [0, 0.1) is 5.82 Å². The first-order valence-electron chi connectivity index (χ1n) is 6.52. The van der Waals surface area contributed by atoms with E-state index in [0.717, 1.165) is 29.1 Å². The first kappa shape index (κ1) is 13.6. The molecule has 106 valence electrons. The first-order valence-corrected chi connectivity index (χ1v) is 7.51. The summed E-state index contributed by atoms with van der Waals surface area (Å²) < 4.78 is 15.4. The highest BCUT2D eigenvalue weighted by molar-refractivity contribution is 7.99. The number of hydrogen-bond donors (Lipinski definition) is 0. The lowest BCUT2D eigenvalue weighted by molar-refractivity contribution is 0.115. The van der Waals surface area contributed by atoms with Crippen molar-refractivity contribution in [2.75, 3.05) is 5.88 Å². The van der Waals surface area contributed by atoms with E-state index in [2.05, 4.69) is 35.9 Å². The highest BCUT2D eigenvalue weighted by atomic mass is 32.2. The van der Waals surface area contributed by atoms with Gasteiger partial charge >= 0.3 is 0 Å². The summed E-state index contributed by atoms with van der Waals surface area (Å²) in [5.74, 6) is 1.36. The third-order valence-corrected chi connectivity index (χ3v) is 4.41. The van der Waals surface area contributed by atoms with Gasteiger partial charge in [-0.05, 0) is 32.9 Å². The van der Waals surface area contributed by atoms with Crippen molar-refractivity contribution in [2.45, 2.75) is 38.1 Å². The Morgan fingerprint density at radius 2 is 2.05 bits per heavy atom. The maximum absolute atomic E-state index is 13.4. The summed E-state index contributed by atoms with van der Waals surface area (Å²) >= 11 is 1.66. The molecular weight excluding hydrogens is 275 g/mol. The number of benzene rings is 1. The van der Waals surface area contributed by atoms with Gasteiger partial charge in [0.25, 0.3) is 0 Å². The van der Waals surface area contributed by atoms with Gasteiger partial charge in [-0.25, -0.2) is 4.39 Å². The average Bonchev–Trinajstić information content (AvgIpc) is 2.80. The van der Waals surface area contributed by atoms with Gasteiger partial charge in [0.05, 0.1) is 12.5 Å². The van der Waals surface area contributed by atoms with E-state index in [0.29, 0.717) is 0 Å². The number of rotatable bonds is 1. The third-order valence-electron chi connectivity index (χ3n) is 3.41. The molecule has 1 aromatic heterocycles. The van der Waals surface area contributed by atoms with Crippen LogP contribution in [0.1, 0.15) is 20.8 Å². The molecule has 0 amide bonds. The summed E-state index contributed by atoms with van der Waals surface area (Å²) in [6, 6.07) is 6.50. The summed E-state index contributed by atoms with van der Waals surface area (Å²) in [6.45, 7) is 7.28. The van der Waals surface area contributed by atoms with E-state index in [1.54, 1.807) is 17.8 Å². The van der Waals surface area contributed by atoms with Crippen molar-refractivity contribution in [3.63, 3.8) is 0 Å². The number of halogens is 1. The van der Waals surface area contributed by atoms with Crippen molar-refractivity contribution in [2.24, 2.45) is 0 Å². The predicted molar refractivity (Wildman–Crippen MR) is 77.7 cm³/mol. The number of thioether (sulfide) groups is 1. The van der Waals surface area contributed by atoms with E-state index in [4.69, 9.17) is 0 Å².